The first-order valence-corrected chi connectivity index (χ1v) is 29.5. The monoisotopic (exact) mass is 949 g/mol. The molecule has 9 heteroatoms. The third-order valence-corrected chi connectivity index (χ3v) is 13.5. The number of carbonyl (C=O) groups excluding carboxylic acids is 1. The highest BCUT2D eigenvalue weighted by atomic mass is 31.2. The lowest BCUT2D eigenvalue weighted by Gasteiger charge is -2.29. The molecule has 2 N–H and O–H groups in total. The summed E-state index contributed by atoms with van der Waals surface area (Å²) in [6.45, 7) is 4.62. The van der Waals surface area contributed by atoms with E-state index in [0.29, 0.717) is 17.4 Å². The predicted molar refractivity (Wildman–Crippen MR) is 284 cm³/mol. The molecule has 8 nitrogen and oxygen atoms in total. The van der Waals surface area contributed by atoms with E-state index in [4.69, 9.17) is 9.05 Å². The van der Waals surface area contributed by atoms with E-state index >= 15 is 0 Å². The second-order valence-electron chi connectivity index (χ2n) is 20.3. The van der Waals surface area contributed by atoms with E-state index in [1.165, 1.54) is 193 Å². The lowest BCUT2D eigenvalue weighted by atomic mass is 10.0. The zero-order valence-electron chi connectivity index (χ0n) is 44.1. The van der Waals surface area contributed by atoms with Gasteiger partial charge in [0.2, 0.25) is 5.91 Å². The molecule has 0 aliphatic heterocycles. The zero-order valence-corrected chi connectivity index (χ0v) is 45.0. The number of carbonyl (C=O) groups is 1. The van der Waals surface area contributed by atoms with Gasteiger partial charge in [-0.3, -0.25) is 9.36 Å². The van der Waals surface area contributed by atoms with Gasteiger partial charge in [-0.25, -0.2) is 0 Å². The highest BCUT2D eigenvalue weighted by Crippen LogP contribution is 2.38. The van der Waals surface area contributed by atoms with Crippen molar-refractivity contribution >= 4 is 13.7 Å². The predicted octanol–water partition coefficient (Wildman–Crippen LogP) is 16.1. The van der Waals surface area contributed by atoms with Gasteiger partial charge in [-0.2, -0.15) is 0 Å². The fraction of sp³-hybridized carbons (Fsp3) is 0.842. The van der Waals surface area contributed by atoms with Crippen LogP contribution in [-0.2, 0) is 18.4 Å². The van der Waals surface area contributed by atoms with Gasteiger partial charge < -0.3 is 28.8 Å². The number of nitrogens with one attached hydrogen (secondary N) is 1. The third kappa shape index (κ3) is 50.3. The van der Waals surface area contributed by atoms with Crippen LogP contribution in [0.3, 0.4) is 0 Å². The van der Waals surface area contributed by atoms with Crippen LogP contribution in [0.4, 0.5) is 0 Å². The average molecular weight is 949 g/mol. The molecule has 0 spiro atoms. The molecule has 0 aromatic rings. The number of likely N-dealkylation sites (N-methyl/N-ethyl adjacent to an activating group) is 1. The molecule has 0 aromatic heterocycles. The molecular formula is C57H109N2O6P. The number of hydrogen-bond acceptors (Lipinski definition) is 6. The van der Waals surface area contributed by atoms with Crippen LogP contribution in [0.1, 0.15) is 258 Å². The molecule has 0 fully saturated rings. The molecule has 0 heterocycles. The van der Waals surface area contributed by atoms with Gasteiger partial charge in [-0.05, 0) is 64.2 Å². The van der Waals surface area contributed by atoms with Gasteiger partial charge in [-0.15, -0.1) is 0 Å². The van der Waals surface area contributed by atoms with Gasteiger partial charge in [0.25, 0.3) is 7.82 Å². The van der Waals surface area contributed by atoms with Crippen molar-refractivity contribution in [3.05, 3.63) is 48.6 Å². The Hall–Kier alpha value is -1.54. The minimum atomic E-state index is -4.61. The van der Waals surface area contributed by atoms with Crippen molar-refractivity contribution in [2.75, 3.05) is 40.9 Å². The molecule has 66 heavy (non-hydrogen) atoms. The van der Waals surface area contributed by atoms with Crippen LogP contribution in [0.2, 0.25) is 0 Å². The van der Waals surface area contributed by atoms with Gasteiger partial charge in [0.1, 0.15) is 13.2 Å². The third-order valence-electron chi connectivity index (χ3n) is 12.5. The molecule has 3 atom stereocenters. The smallest absolute Gasteiger partial charge is 0.268 e. The van der Waals surface area contributed by atoms with Crippen LogP contribution in [0, 0.1) is 0 Å². The summed E-state index contributed by atoms with van der Waals surface area (Å²) in [7, 11) is 1.24. The van der Waals surface area contributed by atoms with Crippen LogP contribution in [0.25, 0.3) is 0 Å². The molecular weight excluding hydrogens is 840 g/mol. The number of amides is 1. The molecule has 0 aliphatic carbocycles. The Morgan fingerprint density at radius 2 is 0.894 bits per heavy atom. The van der Waals surface area contributed by atoms with E-state index in [9.17, 15) is 19.4 Å². The number of aliphatic hydroxyl groups is 1. The Morgan fingerprint density at radius 1 is 0.530 bits per heavy atom. The first-order chi connectivity index (χ1) is 32.0. The van der Waals surface area contributed by atoms with Crippen LogP contribution in [0.5, 0.6) is 0 Å². The van der Waals surface area contributed by atoms with E-state index in [2.05, 4.69) is 55.6 Å². The molecule has 0 saturated heterocycles. The van der Waals surface area contributed by atoms with Crippen molar-refractivity contribution in [2.24, 2.45) is 0 Å². The lowest BCUT2D eigenvalue weighted by molar-refractivity contribution is -0.870. The summed E-state index contributed by atoms with van der Waals surface area (Å²) in [5.74, 6) is -0.211. The van der Waals surface area contributed by atoms with Crippen molar-refractivity contribution in [2.45, 2.75) is 270 Å². The topological polar surface area (TPSA) is 108 Å². The Morgan fingerprint density at radius 3 is 1.35 bits per heavy atom. The van der Waals surface area contributed by atoms with Crippen LogP contribution < -0.4 is 10.2 Å². The summed E-state index contributed by atoms with van der Waals surface area (Å²) in [6, 6.07) is -0.907. The van der Waals surface area contributed by atoms with E-state index < -0.39 is 26.6 Å². The second-order valence-corrected chi connectivity index (χ2v) is 21.7. The van der Waals surface area contributed by atoms with Gasteiger partial charge >= 0.3 is 0 Å². The van der Waals surface area contributed by atoms with Gasteiger partial charge in [-0.1, -0.05) is 236 Å². The van der Waals surface area contributed by atoms with Gasteiger partial charge in [0.05, 0.1) is 39.9 Å². The summed E-state index contributed by atoms with van der Waals surface area (Å²) < 4.78 is 23.3. The molecule has 3 unspecified atom stereocenters. The minimum absolute atomic E-state index is 0.00792. The average Bonchev–Trinajstić information content (AvgIpc) is 3.28. The first-order valence-electron chi connectivity index (χ1n) is 28.0. The van der Waals surface area contributed by atoms with Crippen LogP contribution in [-0.4, -0.2) is 68.5 Å². The largest absolute Gasteiger partial charge is 0.756 e. The van der Waals surface area contributed by atoms with Crippen molar-refractivity contribution in [1.82, 2.24) is 5.32 Å². The van der Waals surface area contributed by atoms with E-state index in [1.807, 2.05) is 27.2 Å². The van der Waals surface area contributed by atoms with Gasteiger partial charge in [0.15, 0.2) is 0 Å². The summed E-state index contributed by atoms with van der Waals surface area (Å²) >= 11 is 0. The maximum absolute atomic E-state index is 12.9. The number of quaternary nitrogens is 1. The SMILES string of the molecule is CCCCC/C=C\C/C=C\CCCCCCCCCCCC(=O)NC(COP(=O)([O-])OCC[N+](C)(C)C)C(O)/C=C/CC/C=C/CCCCCCCCCCCCCCCCCCCCC. The number of hydrogen-bond donors (Lipinski definition) is 2. The molecule has 0 aliphatic rings. The van der Waals surface area contributed by atoms with Crippen molar-refractivity contribution < 1.29 is 32.9 Å². The number of aliphatic hydroxyl groups excluding tert-OH is 1. The quantitative estimate of drug-likeness (QED) is 0.0272. The highest BCUT2D eigenvalue weighted by molar-refractivity contribution is 7.45. The maximum atomic E-state index is 12.9. The standard InChI is InChI=1S/C57H109N2O6P/c1-6-8-10-12-14-16-18-20-22-24-26-27-28-29-30-31-33-34-36-38-40-42-44-46-48-50-56(60)55(54-65-66(62,63)64-53-52-59(3,4)5)58-57(61)51-49-47-45-43-41-39-37-35-32-25-23-21-19-17-15-13-11-9-7-2/h15,17,21,23,40,42,48,50,55-56,60H,6-14,16,18-20,22,24-39,41,43-47,49,51-54H2,1-5H3,(H-,58,61,62,63)/b17-15-,23-21-,42-40+,50-48+. The lowest BCUT2D eigenvalue weighted by Crippen LogP contribution is -2.45. The Kier molecular flexibility index (Phi) is 47.4. The summed E-state index contributed by atoms with van der Waals surface area (Å²) in [5.41, 5.74) is 0. The van der Waals surface area contributed by atoms with E-state index in [1.54, 1.807) is 6.08 Å². The molecule has 388 valence electrons. The second kappa shape index (κ2) is 48.5. The fourth-order valence-electron chi connectivity index (χ4n) is 8.08. The van der Waals surface area contributed by atoms with E-state index in [0.717, 1.165) is 44.9 Å². The molecule has 0 bridgehead atoms. The normalized spacial score (nSPS) is 14.3. The number of nitrogens with zero attached hydrogens (tertiary/aromatic N) is 1. The molecule has 0 rings (SSSR count). The van der Waals surface area contributed by atoms with Gasteiger partial charge in [0, 0.05) is 6.42 Å². The number of unbranched alkanes of at least 4 members (excludes halogenated alkanes) is 32. The van der Waals surface area contributed by atoms with E-state index in [-0.39, 0.29) is 12.5 Å². The summed E-state index contributed by atoms with van der Waals surface area (Å²) in [4.78, 5) is 25.5. The van der Waals surface area contributed by atoms with Crippen molar-refractivity contribution in [1.29, 1.82) is 0 Å². The fourth-order valence-corrected chi connectivity index (χ4v) is 8.81. The Labute approximate surface area is 409 Å². The highest BCUT2D eigenvalue weighted by Gasteiger charge is 2.23. The zero-order chi connectivity index (χ0) is 48.5. The molecule has 1 amide bonds. The number of phosphoric acid groups is 1. The number of allylic oxidation sites excluding steroid dienone is 7. The molecule has 0 aromatic carbocycles. The number of phosphoric ester groups is 1. The first kappa shape index (κ1) is 64.5. The Balaban J connectivity index is 4.28. The van der Waals surface area contributed by atoms with Crippen molar-refractivity contribution in [3.63, 3.8) is 0 Å². The summed E-state index contributed by atoms with van der Waals surface area (Å²) in [5, 5.41) is 13.9. The van der Waals surface area contributed by atoms with Crippen molar-refractivity contribution in [3.8, 4) is 0 Å². The molecule has 0 radical (unpaired) electrons. The Bertz CT molecular complexity index is 1210. The van der Waals surface area contributed by atoms with Crippen LogP contribution in [0.15, 0.2) is 48.6 Å². The summed E-state index contributed by atoms with van der Waals surface area (Å²) in [6.07, 6.45) is 63.3. The minimum Gasteiger partial charge on any atom is -0.756 e. The van der Waals surface area contributed by atoms with Crippen LogP contribution >= 0.6 is 7.82 Å². The molecule has 0 saturated carbocycles. The maximum Gasteiger partial charge on any atom is 0.268 e. The number of rotatable bonds is 51.